The number of rotatable bonds is 0. The molecule has 2 rings (SSSR count). The lowest BCUT2D eigenvalue weighted by Gasteiger charge is -1.85. The van der Waals surface area contributed by atoms with Gasteiger partial charge in [-0.05, 0) is 12.1 Å². The van der Waals surface area contributed by atoms with Gasteiger partial charge in [0.2, 0.25) is 0 Å². The second-order valence-electron chi connectivity index (χ2n) is 2.35. The fourth-order valence-corrected chi connectivity index (χ4v) is 0.968. The topological polar surface area (TPSA) is 42.9 Å². The molecule has 57 valence electrons. The first-order valence-corrected chi connectivity index (χ1v) is 3.51. The van der Waals surface area contributed by atoms with E-state index in [4.69, 9.17) is 0 Å². The summed E-state index contributed by atoms with van der Waals surface area (Å²) >= 11 is 0. The van der Waals surface area contributed by atoms with Gasteiger partial charge in [0.05, 0.1) is 11.6 Å². The highest BCUT2D eigenvalue weighted by Crippen LogP contribution is 2.05. The van der Waals surface area contributed by atoms with Crippen molar-refractivity contribution < 1.29 is 0 Å². The lowest BCUT2D eigenvalue weighted by molar-refractivity contribution is 1.04. The summed E-state index contributed by atoms with van der Waals surface area (Å²) in [5.41, 5.74) is 0.266. The van der Waals surface area contributed by atoms with Crippen molar-refractivity contribution >= 4 is 10.9 Å². The van der Waals surface area contributed by atoms with E-state index in [0.29, 0.717) is 5.52 Å². The van der Waals surface area contributed by atoms with Gasteiger partial charge in [-0.2, -0.15) is 0 Å². The Hall–Kier alpha value is -1.77. The van der Waals surface area contributed by atoms with Crippen molar-refractivity contribution in [3.05, 3.63) is 46.8 Å². The van der Waals surface area contributed by atoms with Crippen molar-refractivity contribution in [3.63, 3.8) is 0 Å². The van der Waals surface area contributed by atoms with Gasteiger partial charge in [0, 0.05) is 5.39 Å². The maximum atomic E-state index is 10.7. The van der Waals surface area contributed by atoms with E-state index >= 15 is 0 Å². The third kappa shape index (κ3) is 1.16. The Morgan fingerprint density at radius 1 is 1.17 bits per heavy atom. The fourth-order valence-electron chi connectivity index (χ4n) is 0.968. The molecule has 3 nitrogen and oxygen atoms in total. The number of benzene rings is 1. The molecule has 0 aliphatic rings. The normalized spacial score (nSPS) is 10.0. The second-order valence-corrected chi connectivity index (χ2v) is 2.35. The van der Waals surface area contributed by atoms with Crippen LogP contribution in [0.4, 0.5) is 0 Å². The number of aromatic nitrogens is 2. The molecule has 1 aromatic heterocycles. The fraction of sp³-hybridized carbons (Fsp3) is 0. The van der Waals surface area contributed by atoms with Crippen LogP contribution in [0.3, 0.4) is 0 Å². The van der Waals surface area contributed by atoms with E-state index in [1.54, 1.807) is 12.1 Å². The molecule has 1 aromatic carbocycles. The zero-order chi connectivity index (χ0) is 8.39. The van der Waals surface area contributed by atoms with E-state index in [9.17, 15) is 4.79 Å². The third-order valence-electron chi connectivity index (χ3n) is 1.54. The van der Waals surface area contributed by atoms with Crippen LogP contribution in [-0.2, 0) is 0 Å². The highest BCUT2D eigenvalue weighted by atomic mass is 16.1. The van der Waals surface area contributed by atoms with Crippen LogP contribution in [0.1, 0.15) is 0 Å². The average Bonchev–Trinajstić information content (AvgIpc) is 2.29. The molecule has 0 aliphatic heterocycles. The van der Waals surface area contributed by atoms with E-state index in [1.165, 1.54) is 0 Å². The smallest absolute Gasteiger partial charge is 0.265 e. The standard InChI is InChI=1S/C9H5N2O/c12-9-6-5-7-3-1-2-4-8(7)10-11-9/h1-5H. The maximum Gasteiger partial charge on any atom is 0.296 e. The zero-order valence-corrected chi connectivity index (χ0v) is 6.19. The van der Waals surface area contributed by atoms with Crippen molar-refractivity contribution in [2.45, 2.75) is 0 Å². The van der Waals surface area contributed by atoms with E-state index in [-0.39, 0.29) is 0 Å². The SMILES string of the molecule is O=c1[c]cc2ccccc2nn1. The molecule has 0 aliphatic carbocycles. The van der Waals surface area contributed by atoms with E-state index < -0.39 is 5.56 Å². The Labute approximate surface area is 68.7 Å². The van der Waals surface area contributed by atoms with Gasteiger partial charge in [0.25, 0.3) is 5.56 Å². The summed E-state index contributed by atoms with van der Waals surface area (Å²) in [5, 5.41) is 8.03. The number of fused-ring (bicyclic) bond motifs is 1. The van der Waals surface area contributed by atoms with Gasteiger partial charge in [-0.15, -0.1) is 10.2 Å². The first kappa shape index (κ1) is 6.91. The van der Waals surface area contributed by atoms with Crippen LogP contribution >= 0.6 is 0 Å². The Morgan fingerprint density at radius 3 is 2.92 bits per heavy atom. The predicted octanol–water partition coefficient (Wildman–Crippen LogP) is 0.790. The number of nitrogens with zero attached hydrogens (tertiary/aromatic N) is 2. The average molecular weight is 157 g/mol. The Kier molecular flexibility index (Phi) is 1.55. The van der Waals surface area contributed by atoms with Crippen LogP contribution in [-0.4, -0.2) is 10.2 Å². The molecule has 0 N–H and O–H groups in total. The molecule has 0 amide bonds. The van der Waals surface area contributed by atoms with Gasteiger partial charge in [-0.25, -0.2) is 0 Å². The summed E-state index contributed by atoms with van der Waals surface area (Å²) < 4.78 is 0. The first-order chi connectivity index (χ1) is 5.86. The van der Waals surface area contributed by atoms with Crippen molar-refractivity contribution in [2.24, 2.45) is 0 Å². The van der Waals surface area contributed by atoms with Crippen LogP contribution in [0.5, 0.6) is 0 Å². The lowest BCUT2D eigenvalue weighted by Crippen LogP contribution is -2.00. The summed E-state index contributed by atoms with van der Waals surface area (Å²) in [6.07, 6.45) is 0. The second kappa shape index (κ2) is 2.70. The minimum Gasteiger partial charge on any atom is -0.265 e. The van der Waals surface area contributed by atoms with Crippen LogP contribution in [0, 0.1) is 6.07 Å². The molecule has 12 heavy (non-hydrogen) atoms. The summed E-state index contributed by atoms with van der Waals surface area (Å²) in [7, 11) is 0. The van der Waals surface area contributed by atoms with Gasteiger partial charge in [-0.1, -0.05) is 18.2 Å². The molecule has 0 saturated carbocycles. The molecular weight excluding hydrogens is 152 g/mol. The van der Waals surface area contributed by atoms with Crippen molar-refractivity contribution in [3.8, 4) is 0 Å². The van der Waals surface area contributed by atoms with Gasteiger partial charge in [-0.3, -0.25) is 4.79 Å². The third-order valence-corrected chi connectivity index (χ3v) is 1.54. The number of hydrogen-bond acceptors (Lipinski definition) is 3. The summed E-state index contributed by atoms with van der Waals surface area (Å²) in [6, 6.07) is 11.5. The minimum absolute atomic E-state index is 0.439. The number of hydrogen-bond donors (Lipinski definition) is 0. The molecule has 1 radical (unpaired) electrons. The van der Waals surface area contributed by atoms with Crippen molar-refractivity contribution in [1.82, 2.24) is 10.2 Å². The maximum absolute atomic E-state index is 10.7. The van der Waals surface area contributed by atoms with E-state index in [2.05, 4.69) is 16.3 Å². The van der Waals surface area contributed by atoms with Crippen molar-refractivity contribution in [2.75, 3.05) is 0 Å². The highest BCUT2D eigenvalue weighted by molar-refractivity contribution is 5.76. The van der Waals surface area contributed by atoms with Gasteiger partial charge < -0.3 is 0 Å². The molecule has 0 bridgehead atoms. The van der Waals surface area contributed by atoms with Gasteiger partial charge >= 0.3 is 0 Å². The summed E-state index contributed by atoms with van der Waals surface area (Å²) in [5.74, 6) is 0. The Balaban J connectivity index is 2.94. The molecule has 3 heteroatoms. The monoisotopic (exact) mass is 157 g/mol. The first-order valence-electron chi connectivity index (χ1n) is 3.51. The molecule has 0 saturated heterocycles. The molecule has 0 fully saturated rings. The molecule has 0 atom stereocenters. The van der Waals surface area contributed by atoms with Crippen LogP contribution in [0.25, 0.3) is 10.9 Å². The molecule has 2 aromatic rings. The summed E-state index contributed by atoms with van der Waals surface area (Å²) in [6.45, 7) is 0. The molecule has 0 spiro atoms. The van der Waals surface area contributed by atoms with Crippen molar-refractivity contribution in [1.29, 1.82) is 0 Å². The largest absolute Gasteiger partial charge is 0.296 e. The van der Waals surface area contributed by atoms with Crippen LogP contribution in [0.2, 0.25) is 0 Å². The Morgan fingerprint density at radius 2 is 2.00 bits per heavy atom. The quantitative estimate of drug-likeness (QED) is 0.567. The lowest BCUT2D eigenvalue weighted by atomic mass is 10.2. The highest BCUT2D eigenvalue weighted by Gasteiger charge is 1.90. The van der Waals surface area contributed by atoms with E-state index in [0.717, 1.165) is 5.39 Å². The molecule has 1 heterocycles. The predicted molar refractivity (Wildman–Crippen MR) is 44.6 cm³/mol. The molecule has 0 unspecified atom stereocenters. The molecular formula is C9H5N2O. The van der Waals surface area contributed by atoms with Crippen LogP contribution in [0.15, 0.2) is 35.1 Å². The van der Waals surface area contributed by atoms with Gasteiger partial charge in [0.15, 0.2) is 0 Å². The van der Waals surface area contributed by atoms with E-state index in [1.807, 2.05) is 18.2 Å². The minimum atomic E-state index is -0.439. The summed E-state index contributed by atoms with van der Waals surface area (Å²) in [4.78, 5) is 10.7. The Bertz CT molecular complexity index is 426. The van der Waals surface area contributed by atoms with Crippen LogP contribution < -0.4 is 5.56 Å². The zero-order valence-electron chi connectivity index (χ0n) is 6.19. The van der Waals surface area contributed by atoms with Gasteiger partial charge in [0.1, 0.15) is 0 Å².